The number of hydrogen-bond acceptors (Lipinski definition) is 5. The van der Waals surface area contributed by atoms with E-state index in [2.05, 4.69) is 5.32 Å². The Bertz CT molecular complexity index is 983. The molecule has 8 nitrogen and oxygen atoms in total. The van der Waals surface area contributed by atoms with E-state index in [0.717, 1.165) is 5.56 Å². The van der Waals surface area contributed by atoms with Crippen LogP contribution in [0.25, 0.3) is 0 Å². The molecule has 150 valence electrons. The number of ether oxygens (including phenoxy) is 1. The first-order chi connectivity index (χ1) is 13.8. The Morgan fingerprint density at radius 2 is 1.76 bits per heavy atom. The summed E-state index contributed by atoms with van der Waals surface area (Å²) < 4.78 is 5.57. The van der Waals surface area contributed by atoms with Gasteiger partial charge in [0.15, 0.2) is 11.9 Å². The number of rotatable bonds is 6. The maximum absolute atomic E-state index is 12.6. The third-order valence-electron chi connectivity index (χ3n) is 4.57. The SMILES string of the molecule is CC(=O)c1ccc2c(c1)N(CC(=O)NCc1ccc(C(=O)O)cc1)C(=O)C(C)O2. The summed E-state index contributed by atoms with van der Waals surface area (Å²) in [6, 6.07) is 10.9. The van der Waals surface area contributed by atoms with Gasteiger partial charge in [0.1, 0.15) is 12.3 Å². The van der Waals surface area contributed by atoms with Gasteiger partial charge in [-0.05, 0) is 49.7 Å². The molecule has 0 aliphatic carbocycles. The monoisotopic (exact) mass is 396 g/mol. The molecule has 0 fully saturated rings. The molecule has 0 radical (unpaired) electrons. The minimum atomic E-state index is -1.02. The number of hydrogen-bond donors (Lipinski definition) is 2. The Morgan fingerprint density at radius 1 is 1.10 bits per heavy atom. The van der Waals surface area contributed by atoms with Crippen molar-refractivity contribution in [3.05, 3.63) is 59.2 Å². The van der Waals surface area contributed by atoms with Gasteiger partial charge in [0, 0.05) is 12.1 Å². The lowest BCUT2D eigenvalue weighted by molar-refractivity contribution is -0.128. The fraction of sp³-hybridized carbons (Fsp3) is 0.238. The summed E-state index contributed by atoms with van der Waals surface area (Å²) in [5.74, 6) is -1.52. The van der Waals surface area contributed by atoms with Crippen molar-refractivity contribution in [2.24, 2.45) is 0 Å². The molecule has 2 aromatic carbocycles. The number of fused-ring (bicyclic) bond motifs is 1. The van der Waals surface area contributed by atoms with Crippen molar-refractivity contribution in [3.8, 4) is 5.75 Å². The highest BCUT2D eigenvalue weighted by Crippen LogP contribution is 2.34. The Balaban J connectivity index is 1.72. The highest BCUT2D eigenvalue weighted by molar-refractivity contribution is 6.05. The first kappa shape index (κ1) is 20.1. The van der Waals surface area contributed by atoms with E-state index in [9.17, 15) is 19.2 Å². The van der Waals surface area contributed by atoms with Gasteiger partial charge in [-0.3, -0.25) is 19.3 Å². The lowest BCUT2D eigenvalue weighted by Crippen LogP contribution is -2.48. The third kappa shape index (κ3) is 4.43. The number of carboxylic acids is 1. The molecule has 2 aromatic rings. The van der Waals surface area contributed by atoms with Crippen molar-refractivity contribution in [2.75, 3.05) is 11.4 Å². The molecular weight excluding hydrogens is 376 g/mol. The number of amides is 2. The molecule has 0 bridgehead atoms. The summed E-state index contributed by atoms with van der Waals surface area (Å²) in [5, 5.41) is 11.6. The first-order valence-electron chi connectivity index (χ1n) is 8.98. The van der Waals surface area contributed by atoms with Gasteiger partial charge in [0.2, 0.25) is 5.91 Å². The molecule has 0 saturated carbocycles. The number of nitrogens with zero attached hydrogens (tertiary/aromatic N) is 1. The maximum atomic E-state index is 12.6. The van der Waals surface area contributed by atoms with Crippen LogP contribution >= 0.6 is 0 Å². The lowest BCUT2D eigenvalue weighted by Gasteiger charge is -2.32. The van der Waals surface area contributed by atoms with Gasteiger partial charge < -0.3 is 15.2 Å². The minimum absolute atomic E-state index is 0.158. The van der Waals surface area contributed by atoms with Crippen molar-refractivity contribution in [2.45, 2.75) is 26.5 Å². The highest BCUT2D eigenvalue weighted by Gasteiger charge is 2.33. The summed E-state index contributed by atoms with van der Waals surface area (Å²) in [5.41, 5.74) is 1.68. The minimum Gasteiger partial charge on any atom is -0.479 e. The van der Waals surface area contributed by atoms with Crippen LogP contribution in [-0.2, 0) is 16.1 Å². The van der Waals surface area contributed by atoms with Crippen LogP contribution in [0.2, 0.25) is 0 Å². The van der Waals surface area contributed by atoms with Crippen LogP contribution in [0, 0.1) is 0 Å². The van der Waals surface area contributed by atoms with E-state index < -0.39 is 18.0 Å². The van der Waals surface area contributed by atoms with E-state index in [1.807, 2.05) is 0 Å². The standard InChI is InChI=1S/C21H20N2O6/c1-12(24)16-7-8-18-17(9-16)23(20(26)13(2)29-18)11-19(25)22-10-14-3-5-15(6-4-14)21(27)28/h3-9,13H,10-11H2,1-2H3,(H,22,25)(H,27,28). The van der Waals surface area contributed by atoms with Gasteiger partial charge in [0.25, 0.3) is 5.91 Å². The molecule has 0 aromatic heterocycles. The lowest BCUT2D eigenvalue weighted by atomic mass is 10.1. The number of Topliss-reactive ketones (excluding diaryl/α,β-unsaturated/α-hetero) is 1. The number of benzene rings is 2. The van der Waals surface area contributed by atoms with Crippen molar-refractivity contribution in [3.63, 3.8) is 0 Å². The molecule has 1 aliphatic heterocycles. The van der Waals surface area contributed by atoms with Gasteiger partial charge in [-0.15, -0.1) is 0 Å². The van der Waals surface area contributed by atoms with Gasteiger partial charge in [0.05, 0.1) is 11.3 Å². The van der Waals surface area contributed by atoms with E-state index in [1.54, 1.807) is 37.3 Å². The van der Waals surface area contributed by atoms with E-state index in [1.165, 1.54) is 24.0 Å². The van der Waals surface area contributed by atoms with Crippen LogP contribution in [0.5, 0.6) is 5.75 Å². The van der Waals surface area contributed by atoms with E-state index in [-0.39, 0.29) is 30.3 Å². The average Bonchev–Trinajstić information content (AvgIpc) is 2.69. The van der Waals surface area contributed by atoms with E-state index in [4.69, 9.17) is 9.84 Å². The molecule has 1 heterocycles. The third-order valence-corrected chi connectivity index (χ3v) is 4.57. The molecule has 1 unspecified atom stereocenters. The van der Waals surface area contributed by atoms with Crippen LogP contribution in [0.3, 0.4) is 0 Å². The van der Waals surface area contributed by atoms with E-state index in [0.29, 0.717) is 17.0 Å². The molecular formula is C21H20N2O6. The zero-order valence-corrected chi connectivity index (χ0v) is 16.0. The molecule has 29 heavy (non-hydrogen) atoms. The highest BCUT2D eigenvalue weighted by atomic mass is 16.5. The normalized spacial score (nSPS) is 15.3. The number of anilines is 1. The predicted octanol–water partition coefficient (Wildman–Crippen LogP) is 2.02. The molecule has 2 N–H and O–H groups in total. The summed E-state index contributed by atoms with van der Waals surface area (Å²) in [7, 11) is 0. The number of aromatic carboxylic acids is 1. The van der Waals surface area contributed by atoms with Crippen molar-refractivity contribution < 1.29 is 29.0 Å². The Hall–Kier alpha value is -3.68. The summed E-state index contributed by atoms with van der Waals surface area (Å²) >= 11 is 0. The van der Waals surface area contributed by atoms with Crippen LogP contribution in [-0.4, -0.2) is 41.3 Å². The van der Waals surface area contributed by atoms with Crippen LogP contribution in [0.15, 0.2) is 42.5 Å². The fourth-order valence-electron chi connectivity index (χ4n) is 2.95. The van der Waals surface area contributed by atoms with Gasteiger partial charge in [-0.25, -0.2) is 4.79 Å². The second-order valence-electron chi connectivity index (χ2n) is 6.70. The number of nitrogens with one attached hydrogen (secondary N) is 1. The van der Waals surface area contributed by atoms with Crippen LogP contribution in [0.4, 0.5) is 5.69 Å². The van der Waals surface area contributed by atoms with Gasteiger partial charge in [-0.2, -0.15) is 0 Å². The number of carbonyl (C=O) groups excluding carboxylic acids is 3. The maximum Gasteiger partial charge on any atom is 0.335 e. The quantitative estimate of drug-likeness (QED) is 0.723. The average molecular weight is 396 g/mol. The number of ketones is 1. The fourth-order valence-corrected chi connectivity index (χ4v) is 2.95. The Morgan fingerprint density at radius 3 is 2.38 bits per heavy atom. The molecule has 8 heteroatoms. The summed E-state index contributed by atoms with van der Waals surface area (Å²) in [6.45, 7) is 2.98. The van der Waals surface area contributed by atoms with Crippen LogP contribution in [0.1, 0.15) is 40.1 Å². The smallest absolute Gasteiger partial charge is 0.335 e. The second-order valence-corrected chi connectivity index (χ2v) is 6.70. The zero-order chi connectivity index (χ0) is 21.1. The largest absolute Gasteiger partial charge is 0.479 e. The first-order valence-corrected chi connectivity index (χ1v) is 8.98. The van der Waals surface area contributed by atoms with Gasteiger partial charge >= 0.3 is 5.97 Å². The van der Waals surface area contributed by atoms with Gasteiger partial charge in [-0.1, -0.05) is 12.1 Å². The predicted molar refractivity (Wildman–Crippen MR) is 104 cm³/mol. The Labute approximate surface area is 167 Å². The number of carbonyl (C=O) groups is 4. The number of carboxylic acid groups (broad SMARTS) is 1. The molecule has 1 atom stereocenters. The second kappa shape index (κ2) is 8.14. The van der Waals surface area contributed by atoms with Crippen molar-refractivity contribution in [1.82, 2.24) is 5.32 Å². The van der Waals surface area contributed by atoms with Crippen molar-refractivity contribution in [1.29, 1.82) is 0 Å². The zero-order valence-electron chi connectivity index (χ0n) is 16.0. The molecule has 0 spiro atoms. The van der Waals surface area contributed by atoms with Crippen molar-refractivity contribution >= 4 is 29.3 Å². The summed E-state index contributed by atoms with van der Waals surface area (Å²) in [4.78, 5) is 48.9. The topological polar surface area (TPSA) is 113 Å². The molecule has 0 saturated heterocycles. The Kier molecular flexibility index (Phi) is 5.63. The molecule has 2 amide bonds. The summed E-state index contributed by atoms with van der Waals surface area (Å²) in [6.07, 6.45) is -0.748. The molecule has 1 aliphatic rings. The van der Waals surface area contributed by atoms with Crippen LogP contribution < -0.4 is 15.0 Å². The molecule has 3 rings (SSSR count). The van der Waals surface area contributed by atoms with E-state index >= 15 is 0 Å².